The van der Waals surface area contributed by atoms with Crippen molar-refractivity contribution in [1.82, 2.24) is 0 Å². The molecule has 50 valence electrons. The van der Waals surface area contributed by atoms with Crippen LogP contribution in [0.4, 0.5) is 0 Å². The fraction of sp³-hybridized carbons (Fsp3) is 1.00. The van der Waals surface area contributed by atoms with Crippen molar-refractivity contribution in [2.45, 2.75) is 25.7 Å². The predicted molar refractivity (Wildman–Crippen MR) is 34.0 cm³/mol. The largest absolute Gasteiger partial charge is 0.358 e. The molecule has 0 saturated heterocycles. The Morgan fingerprint density at radius 1 is 0.625 bits per heavy atom. The SMILES string of the molecule is [NH3+]CCCCCC[NH3+]. The summed E-state index contributed by atoms with van der Waals surface area (Å²) in [5.74, 6) is 0. The van der Waals surface area contributed by atoms with E-state index in [0.29, 0.717) is 0 Å². The molecular formula is C6H18N2+2. The number of hydrogen-bond donors (Lipinski definition) is 2. The molecule has 0 aliphatic heterocycles. The minimum atomic E-state index is 1.09. The van der Waals surface area contributed by atoms with E-state index in [1.54, 1.807) is 0 Å². The molecule has 0 aliphatic carbocycles. The molecule has 0 aliphatic rings. The van der Waals surface area contributed by atoms with Crippen LogP contribution in [0.25, 0.3) is 0 Å². The molecule has 0 amide bonds. The van der Waals surface area contributed by atoms with Crippen LogP contribution in [0, 0.1) is 0 Å². The van der Waals surface area contributed by atoms with Crippen molar-refractivity contribution in [3.05, 3.63) is 0 Å². The highest BCUT2D eigenvalue weighted by Gasteiger charge is 1.86. The number of quaternary nitrogens is 2. The van der Waals surface area contributed by atoms with Gasteiger partial charge in [0.05, 0.1) is 13.1 Å². The van der Waals surface area contributed by atoms with Crippen LogP contribution < -0.4 is 11.5 Å². The summed E-state index contributed by atoms with van der Waals surface area (Å²) in [5.41, 5.74) is 7.54. The van der Waals surface area contributed by atoms with Crippen molar-refractivity contribution in [1.29, 1.82) is 0 Å². The van der Waals surface area contributed by atoms with E-state index < -0.39 is 0 Å². The zero-order valence-corrected chi connectivity index (χ0v) is 5.66. The molecule has 0 heterocycles. The molecule has 0 saturated carbocycles. The van der Waals surface area contributed by atoms with Gasteiger partial charge in [-0.3, -0.25) is 0 Å². The van der Waals surface area contributed by atoms with Gasteiger partial charge in [0.15, 0.2) is 0 Å². The maximum absolute atomic E-state index is 3.77. The second-order valence-electron chi connectivity index (χ2n) is 2.12. The summed E-state index contributed by atoms with van der Waals surface area (Å²) in [6.07, 6.45) is 5.28. The van der Waals surface area contributed by atoms with Gasteiger partial charge in [-0.25, -0.2) is 0 Å². The summed E-state index contributed by atoms with van der Waals surface area (Å²) in [7, 11) is 0. The Morgan fingerprint density at radius 2 is 1.00 bits per heavy atom. The Balaban J connectivity index is 2.53. The number of rotatable bonds is 5. The Morgan fingerprint density at radius 3 is 1.25 bits per heavy atom. The Hall–Kier alpha value is -0.0800. The van der Waals surface area contributed by atoms with Gasteiger partial charge in [-0.15, -0.1) is 0 Å². The molecule has 0 aromatic heterocycles. The monoisotopic (exact) mass is 118 g/mol. The van der Waals surface area contributed by atoms with Crippen molar-refractivity contribution in [3.63, 3.8) is 0 Å². The second kappa shape index (κ2) is 6.92. The van der Waals surface area contributed by atoms with Gasteiger partial charge >= 0.3 is 0 Å². The van der Waals surface area contributed by atoms with E-state index in [1.165, 1.54) is 25.7 Å². The van der Waals surface area contributed by atoms with Gasteiger partial charge in [0.2, 0.25) is 0 Å². The van der Waals surface area contributed by atoms with Gasteiger partial charge in [0.1, 0.15) is 0 Å². The van der Waals surface area contributed by atoms with Gasteiger partial charge in [-0.05, 0) is 25.7 Å². The smallest absolute Gasteiger partial charge is 0.0739 e. The molecule has 0 radical (unpaired) electrons. The third-order valence-corrected chi connectivity index (χ3v) is 1.25. The Kier molecular flexibility index (Phi) is 6.85. The zero-order valence-electron chi connectivity index (χ0n) is 5.66. The topological polar surface area (TPSA) is 55.3 Å². The summed E-state index contributed by atoms with van der Waals surface area (Å²) in [6.45, 7) is 2.19. The predicted octanol–water partition coefficient (Wildman–Crippen LogP) is -0.969. The highest BCUT2D eigenvalue weighted by molar-refractivity contribution is 4.38. The summed E-state index contributed by atoms with van der Waals surface area (Å²) >= 11 is 0. The number of hydrogen-bond acceptors (Lipinski definition) is 0. The molecule has 0 atom stereocenters. The first-order valence-corrected chi connectivity index (χ1v) is 3.50. The van der Waals surface area contributed by atoms with Crippen LogP contribution in [0.5, 0.6) is 0 Å². The maximum atomic E-state index is 3.77. The third-order valence-electron chi connectivity index (χ3n) is 1.25. The second-order valence-corrected chi connectivity index (χ2v) is 2.12. The van der Waals surface area contributed by atoms with Crippen LogP contribution in [0.2, 0.25) is 0 Å². The van der Waals surface area contributed by atoms with Gasteiger partial charge in [0.25, 0.3) is 0 Å². The van der Waals surface area contributed by atoms with E-state index >= 15 is 0 Å². The van der Waals surface area contributed by atoms with Crippen molar-refractivity contribution in [2.24, 2.45) is 0 Å². The molecule has 0 aromatic carbocycles. The first kappa shape index (κ1) is 7.92. The molecule has 6 N–H and O–H groups in total. The standard InChI is InChI=1S/C6H16N2/c7-5-3-1-2-4-6-8/h1-8H2/p+2. The van der Waals surface area contributed by atoms with Gasteiger partial charge in [-0.1, -0.05) is 0 Å². The van der Waals surface area contributed by atoms with E-state index in [0.717, 1.165) is 13.1 Å². The van der Waals surface area contributed by atoms with E-state index in [4.69, 9.17) is 0 Å². The lowest BCUT2D eigenvalue weighted by Gasteiger charge is -1.91. The van der Waals surface area contributed by atoms with Crippen LogP contribution in [-0.4, -0.2) is 13.1 Å². The average Bonchev–Trinajstić information content (AvgIpc) is 1.81. The zero-order chi connectivity index (χ0) is 6.24. The molecule has 8 heavy (non-hydrogen) atoms. The fourth-order valence-electron chi connectivity index (χ4n) is 0.707. The molecular weight excluding hydrogens is 100 g/mol. The van der Waals surface area contributed by atoms with E-state index in [1.807, 2.05) is 0 Å². The highest BCUT2D eigenvalue weighted by Crippen LogP contribution is 1.94. The average molecular weight is 118 g/mol. The van der Waals surface area contributed by atoms with Gasteiger partial charge < -0.3 is 11.5 Å². The minimum absolute atomic E-state index is 1.09. The summed E-state index contributed by atoms with van der Waals surface area (Å²) < 4.78 is 0. The molecule has 0 unspecified atom stereocenters. The molecule has 0 rings (SSSR count). The molecule has 0 bridgehead atoms. The van der Waals surface area contributed by atoms with Crippen LogP contribution in [0.15, 0.2) is 0 Å². The van der Waals surface area contributed by atoms with Gasteiger partial charge in [0, 0.05) is 0 Å². The normalized spacial score (nSPS) is 9.75. The number of unbranched alkanes of at least 4 members (excludes halogenated alkanes) is 3. The minimum Gasteiger partial charge on any atom is -0.358 e. The lowest BCUT2D eigenvalue weighted by Crippen LogP contribution is -2.50. The van der Waals surface area contributed by atoms with Crippen LogP contribution in [0.1, 0.15) is 25.7 Å². The Labute approximate surface area is 51.2 Å². The van der Waals surface area contributed by atoms with Crippen LogP contribution in [-0.2, 0) is 0 Å². The van der Waals surface area contributed by atoms with E-state index in [2.05, 4.69) is 11.5 Å². The highest BCUT2D eigenvalue weighted by atomic mass is 14.5. The van der Waals surface area contributed by atoms with Crippen LogP contribution >= 0.6 is 0 Å². The summed E-state index contributed by atoms with van der Waals surface area (Å²) in [5, 5.41) is 0. The summed E-state index contributed by atoms with van der Waals surface area (Å²) in [4.78, 5) is 0. The molecule has 2 heteroatoms. The van der Waals surface area contributed by atoms with Crippen molar-refractivity contribution in [3.8, 4) is 0 Å². The molecule has 2 nitrogen and oxygen atoms in total. The Bertz CT molecular complexity index is 31.5. The molecule has 0 aromatic rings. The maximum Gasteiger partial charge on any atom is 0.0739 e. The first-order chi connectivity index (χ1) is 3.91. The third kappa shape index (κ3) is 5.92. The van der Waals surface area contributed by atoms with Gasteiger partial charge in [-0.2, -0.15) is 0 Å². The molecule has 0 spiro atoms. The first-order valence-electron chi connectivity index (χ1n) is 3.50. The quantitative estimate of drug-likeness (QED) is 0.436. The van der Waals surface area contributed by atoms with Crippen molar-refractivity contribution >= 4 is 0 Å². The van der Waals surface area contributed by atoms with E-state index in [9.17, 15) is 0 Å². The summed E-state index contributed by atoms with van der Waals surface area (Å²) in [6, 6.07) is 0. The fourth-order valence-corrected chi connectivity index (χ4v) is 0.707. The molecule has 0 fully saturated rings. The van der Waals surface area contributed by atoms with E-state index in [-0.39, 0.29) is 0 Å². The van der Waals surface area contributed by atoms with Crippen molar-refractivity contribution in [2.75, 3.05) is 13.1 Å². The lowest BCUT2D eigenvalue weighted by atomic mass is 10.2. The van der Waals surface area contributed by atoms with Crippen LogP contribution in [0.3, 0.4) is 0 Å². The van der Waals surface area contributed by atoms with Crippen molar-refractivity contribution < 1.29 is 11.5 Å². The lowest BCUT2D eigenvalue weighted by molar-refractivity contribution is -0.371.